The molecule has 0 amide bonds. The minimum Gasteiger partial charge on any atom is -0.299 e. The molecule has 3 unspecified atom stereocenters. The lowest BCUT2D eigenvalue weighted by molar-refractivity contribution is 0.315. The molecule has 2 aliphatic carbocycles. The number of rotatable bonds is 3. The molecule has 2 heteroatoms. The summed E-state index contributed by atoms with van der Waals surface area (Å²) >= 11 is 0. The van der Waals surface area contributed by atoms with E-state index in [1.165, 1.54) is 31.3 Å². The van der Waals surface area contributed by atoms with Crippen LogP contribution < -0.4 is 5.32 Å². The smallest absolute Gasteiger partial charge is 0.0986 e. The van der Waals surface area contributed by atoms with E-state index in [1.807, 2.05) is 0 Å². The summed E-state index contributed by atoms with van der Waals surface area (Å²) < 4.78 is 0. The lowest BCUT2D eigenvalue weighted by Gasteiger charge is -2.30. The topological polar surface area (TPSA) is 35.8 Å². The van der Waals surface area contributed by atoms with E-state index in [2.05, 4.69) is 31.3 Å². The highest BCUT2D eigenvalue weighted by atomic mass is 15.0. The van der Waals surface area contributed by atoms with Crippen molar-refractivity contribution in [3.63, 3.8) is 0 Å². The van der Waals surface area contributed by atoms with Gasteiger partial charge in [0.2, 0.25) is 0 Å². The van der Waals surface area contributed by atoms with E-state index in [0.29, 0.717) is 17.9 Å². The third-order valence-electron chi connectivity index (χ3n) is 4.21. The Morgan fingerprint density at radius 1 is 1.41 bits per heavy atom. The fraction of sp³-hybridized carbons (Fsp3) is 0.800. The third kappa shape index (κ3) is 3.33. The summed E-state index contributed by atoms with van der Waals surface area (Å²) in [6, 6.07) is 3.16. The third-order valence-corrected chi connectivity index (χ3v) is 4.21. The first-order valence-electron chi connectivity index (χ1n) is 7.02. The van der Waals surface area contributed by atoms with E-state index in [0.717, 1.165) is 12.8 Å². The highest BCUT2D eigenvalue weighted by Crippen LogP contribution is 2.31. The van der Waals surface area contributed by atoms with Gasteiger partial charge in [-0.2, -0.15) is 5.26 Å². The summed E-state index contributed by atoms with van der Waals surface area (Å²) in [4.78, 5) is 0. The van der Waals surface area contributed by atoms with Gasteiger partial charge < -0.3 is 0 Å². The highest BCUT2D eigenvalue weighted by molar-refractivity contribution is 5.11. The summed E-state index contributed by atoms with van der Waals surface area (Å²) in [5, 5.41) is 13.0. The Balaban J connectivity index is 1.94. The van der Waals surface area contributed by atoms with Gasteiger partial charge in [0.25, 0.3) is 0 Å². The maximum atomic E-state index is 9.38. The van der Waals surface area contributed by atoms with E-state index in [-0.39, 0.29) is 6.04 Å². The predicted molar refractivity (Wildman–Crippen MR) is 70.4 cm³/mol. The molecular formula is C15H24N2. The molecule has 1 fully saturated rings. The number of hydrogen-bond acceptors (Lipinski definition) is 2. The molecule has 0 aromatic heterocycles. The monoisotopic (exact) mass is 232 g/mol. The first-order chi connectivity index (χ1) is 8.19. The Morgan fingerprint density at radius 3 is 2.71 bits per heavy atom. The molecule has 0 aromatic rings. The zero-order chi connectivity index (χ0) is 12.3. The van der Waals surface area contributed by atoms with Crippen LogP contribution in [0.15, 0.2) is 11.6 Å². The van der Waals surface area contributed by atoms with Gasteiger partial charge in [0.1, 0.15) is 0 Å². The molecule has 0 aliphatic heterocycles. The number of nitriles is 1. The van der Waals surface area contributed by atoms with Crippen molar-refractivity contribution < 1.29 is 0 Å². The van der Waals surface area contributed by atoms with Gasteiger partial charge in [-0.25, -0.2) is 0 Å². The van der Waals surface area contributed by atoms with Crippen LogP contribution in [0.1, 0.15) is 52.4 Å². The fourth-order valence-electron chi connectivity index (χ4n) is 3.48. The van der Waals surface area contributed by atoms with Crippen LogP contribution in [-0.4, -0.2) is 12.1 Å². The molecule has 94 valence electrons. The van der Waals surface area contributed by atoms with Gasteiger partial charge in [0.15, 0.2) is 0 Å². The van der Waals surface area contributed by atoms with Gasteiger partial charge in [-0.05, 0) is 44.4 Å². The SMILES string of the molecule is CC1=CC(C)CC(C(C#N)NC2CCCC2)C1. The molecule has 2 rings (SSSR count). The van der Waals surface area contributed by atoms with Crippen LogP contribution in [0.3, 0.4) is 0 Å². The zero-order valence-corrected chi connectivity index (χ0v) is 11.1. The average Bonchev–Trinajstić information content (AvgIpc) is 2.77. The van der Waals surface area contributed by atoms with Gasteiger partial charge >= 0.3 is 0 Å². The van der Waals surface area contributed by atoms with Gasteiger partial charge in [0.05, 0.1) is 12.1 Å². The molecule has 0 spiro atoms. The summed E-state index contributed by atoms with van der Waals surface area (Å²) in [5.41, 5.74) is 1.46. The molecule has 1 N–H and O–H groups in total. The maximum absolute atomic E-state index is 9.38. The van der Waals surface area contributed by atoms with Crippen LogP contribution in [0, 0.1) is 23.2 Å². The largest absolute Gasteiger partial charge is 0.299 e. The lowest BCUT2D eigenvalue weighted by atomic mass is 9.79. The Bertz CT molecular complexity index is 320. The second kappa shape index (κ2) is 5.69. The van der Waals surface area contributed by atoms with Crippen molar-refractivity contribution in [3.05, 3.63) is 11.6 Å². The van der Waals surface area contributed by atoms with Gasteiger partial charge in [0, 0.05) is 6.04 Å². The van der Waals surface area contributed by atoms with Crippen molar-refractivity contribution in [1.82, 2.24) is 5.32 Å². The van der Waals surface area contributed by atoms with Crippen molar-refractivity contribution in [2.24, 2.45) is 11.8 Å². The second-order valence-corrected chi connectivity index (χ2v) is 5.95. The van der Waals surface area contributed by atoms with E-state index in [1.54, 1.807) is 0 Å². The van der Waals surface area contributed by atoms with Gasteiger partial charge in [-0.1, -0.05) is 31.4 Å². The average molecular weight is 232 g/mol. The summed E-state index contributed by atoms with van der Waals surface area (Å²) in [5.74, 6) is 1.15. The first-order valence-corrected chi connectivity index (χ1v) is 7.02. The molecule has 3 atom stereocenters. The Kier molecular flexibility index (Phi) is 4.23. The molecule has 2 nitrogen and oxygen atoms in total. The van der Waals surface area contributed by atoms with Crippen LogP contribution in [0.4, 0.5) is 0 Å². The lowest BCUT2D eigenvalue weighted by Crippen LogP contribution is -2.42. The number of allylic oxidation sites excluding steroid dienone is 2. The predicted octanol–water partition coefficient (Wildman–Crippen LogP) is 3.40. The van der Waals surface area contributed by atoms with Gasteiger partial charge in [-0.3, -0.25) is 5.32 Å². The van der Waals surface area contributed by atoms with Crippen LogP contribution in [0.25, 0.3) is 0 Å². The molecule has 17 heavy (non-hydrogen) atoms. The minimum atomic E-state index is 0.0594. The van der Waals surface area contributed by atoms with Crippen molar-refractivity contribution in [2.75, 3.05) is 0 Å². The maximum Gasteiger partial charge on any atom is 0.0986 e. The van der Waals surface area contributed by atoms with Crippen molar-refractivity contribution in [3.8, 4) is 6.07 Å². The van der Waals surface area contributed by atoms with Crippen LogP contribution in [-0.2, 0) is 0 Å². The van der Waals surface area contributed by atoms with Gasteiger partial charge in [-0.15, -0.1) is 0 Å². The van der Waals surface area contributed by atoms with Crippen molar-refractivity contribution in [1.29, 1.82) is 5.26 Å². The number of hydrogen-bond donors (Lipinski definition) is 1. The summed E-state index contributed by atoms with van der Waals surface area (Å²) in [7, 11) is 0. The van der Waals surface area contributed by atoms with E-state index < -0.39 is 0 Å². The molecule has 0 bridgehead atoms. The van der Waals surface area contributed by atoms with Crippen LogP contribution >= 0.6 is 0 Å². The Morgan fingerprint density at radius 2 is 2.12 bits per heavy atom. The van der Waals surface area contributed by atoms with E-state index >= 15 is 0 Å². The first kappa shape index (κ1) is 12.6. The Hall–Kier alpha value is -0.810. The standard InChI is InChI=1S/C15H24N2/c1-11-7-12(2)9-13(8-11)15(10-16)17-14-5-3-4-6-14/h7,11,13-15,17H,3-6,8-9H2,1-2H3. The van der Waals surface area contributed by atoms with E-state index in [4.69, 9.17) is 0 Å². The van der Waals surface area contributed by atoms with Crippen LogP contribution in [0.2, 0.25) is 0 Å². The number of nitrogens with zero attached hydrogens (tertiary/aromatic N) is 1. The van der Waals surface area contributed by atoms with E-state index in [9.17, 15) is 5.26 Å². The van der Waals surface area contributed by atoms with Crippen LogP contribution in [0.5, 0.6) is 0 Å². The molecule has 0 aromatic carbocycles. The summed E-state index contributed by atoms with van der Waals surface area (Å²) in [6.45, 7) is 4.46. The molecule has 1 saturated carbocycles. The summed E-state index contributed by atoms with van der Waals surface area (Å²) in [6.07, 6.45) is 9.80. The molecule has 0 radical (unpaired) electrons. The number of nitrogens with one attached hydrogen (secondary N) is 1. The minimum absolute atomic E-state index is 0.0594. The van der Waals surface area contributed by atoms with Crippen molar-refractivity contribution >= 4 is 0 Å². The zero-order valence-electron chi connectivity index (χ0n) is 11.1. The molecule has 0 heterocycles. The Labute approximate surface area is 105 Å². The molecule has 2 aliphatic rings. The molecular weight excluding hydrogens is 208 g/mol. The quantitative estimate of drug-likeness (QED) is 0.757. The van der Waals surface area contributed by atoms with Crippen molar-refractivity contribution in [2.45, 2.75) is 64.5 Å². The second-order valence-electron chi connectivity index (χ2n) is 5.95. The molecule has 0 saturated heterocycles. The highest BCUT2D eigenvalue weighted by Gasteiger charge is 2.28. The normalized spacial score (nSPS) is 31.9. The fourth-order valence-corrected chi connectivity index (χ4v) is 3.48.